The molecule has 3 atom stereocenters. The third-order valence-corrected chi connectivity index (χ3v) is 8.41. The second kappa shape index (κ2) is 7.71. The molecule has 0 spiro atoms. The number of ether oxygens (including phenoxy) is 1. The van der Waals surface area contributed by atoms with Gasteiger partial charge in [0.15, 0.2) is 0 Å². The van der Waals surface area contributed by atoms with Crippen LogP contribution in [0.2, 0.25) is 0 Å². The van der Waals surface area contributed by atoms with Gasteiger partial charge < -0.3 is 20.3 Å². The molecule has 0 aromatic heterocycles. The molecular weight excluding hydrogens is 420 g/mol. The van der Waals surface area contributed by atoms with Gasteiger partial charge in [-0.05, 0) is 68.3 Å². The number of methoxy groups -OCH3 is 1. The number of piperidine rings is 1. The van der Waals surface area contributed by atoms with Crippen molar-refractivity contribution in [1.29, 1.82) is 0 Å². The fraction of sp³-hybridized carbons (Fsp3) is 0.538. The fourth-order valence-corrected chi connectivity index (χ4v) is 6.41. The summed E-state index contributed by atoms with van der Waals surface area (Å²) in [6, 6.07) is 6.14. The summed E-state index contributed by atoms with van der Waals surface area (Å²) >= 11 is 0. The van der Waals surface area contributed by atoms with Gasteiger partial charge in [0.25, 0.3) is 5.91 Å². The summed E-state index contributed by atoms with van der Waals surface area (Å²) < 4.78 is 5.53. The van der Waals surface area contributed by atoms with Gasteiger partial charge in [-0.3, -0.25) is 9.69 Å². The minimum Gasteiger partial charge on any atom is -0.497 e. The number of hydrogen-bond donors (Lipinski definition) is 3. The molecular formula is C26H32N2O5. The van der Waals surface area contributed by atoms with Crippen molar-refractivity contribution in [3.63, 3.8) is 0 Å². The highest BCUT2D eigenvalue weighted by atomic mass is 16.5. The Morgan fingerprint density at radius 2 is 2.06 bits per heavy atom. The normalized spacial score (nSPS) is 30.8. The van der Waals surface area contributed by atoms with Gasteiger partial charge >= 0.3 is 5.97 Å². The van der Waals surface area contributed by atoms with E-state index >= 15 is 0 Å². The Kier molecular flexibility index (Phi) is 5.18. The lowest BCUT2D eigenvalue weighted by Gasteiger charge is -2.64. The van der Waals surface area contributed by atoms with Gasteiger partial charge in [0.2, 0.25) is 0 Å². The van der Waals surface area contributed by atoms with Crippen molar-refractivity contribution in [1.82, 2.24) is 10.2 Å². The van der Waals surface area contributed by atoms with Gasteiger partial charge in [0.05, 0.1) is 12.7 Å². The van der Waals surface area contributed by atoms with E-state index in [9.17, 15) is 19.8 Å². The number of amides is 1. The Labute approximate surface area is 194 Å². The largest absolute Gasteiger partial charge is 0.497 e. The highest BCUT2D eigenvalue weighted by molar-refractivity contribution is 6.15. The van der Waals surface area contributed by atoms with E-state index < -0.39 is 28.5 Å². The lowest BCUT2D eigenvalue weighted by atomic mass is 9.49. The summed E-state index contributed by atoms with van der Waals surface area (Å²) in [5.41, 5.74) is 1.85. The molecule has 4 aliphatic rings. The molecule has 0 radical (unpaired) electrons. The quantitative estimate of drug-likeness (QED) is 0.349. The van der Waals surface area contributed by atoms with E-state index in [2.05, 4.69) is 22.9 Å². The van der Waals surface area contributed by atoms with Gasteiger partial charge in [-0.2, -0.15) is 0 Å². The maximum atomic E-state index is 12.5. The van der Waals surface area contributed by atoms with Crippen LogP contribution in [0, 0.1) is 5.92 Å². The number of aliphatic carboxylic acids is 1. The first kappa shape index (κ1) is 22.2. The van der Waals surface area contributed by atoms with Crippen molar-refractivity contribution in [2.24, 2.45) is 5.92 Å². The average molecular weight is 453 g/mol. The van der Waals surface area contributed by atoms with Crippen LogP contribution < -0.4 is 10.1 Å². The number of allylic oxidation sites excluding steroid dienone is 1. The predicted octanol–water partition coefficient (Wildman–Crippen LogP) is 2.53. The molecule has 1 aliphatic heterocycles. The molecule has 5 rings (SSSR count). The minimum absolute atomic E-state index is 0.00827. The molecule has 2 fully saturated rings. The number of carbonyl (C=O) groups is 2. The van der Waals surface area contributed by atoms with Crippen LogP contribution in [-0.2, 0) is 21.4 Å². The van der Waals surface area contributed by atoms with Crippen LogP contribution >= 0.6 is 0 Å². The number of carboxylic acids is 1. The van der Waals surface area contributed by atoms with Crippen LogP contribution in [0.4, 0.5) is 0 Å². The molecule has 3 N–H and O–H groups in total. The second-order valence-corrected chi connectivity index (χ2v) is 10.3. The lowest BCUT2D eigenvalue weighted by Crippen LogP contribution is -2.73. The van der Waals surface area contributed by atoms with Gasteiger partial charge in [0.1, 0.15) is 11.3 Å². The number of nitrogens with one attached hydrogen (secondary N) is 1. The second-order valence-electron chi connectivity index (χ2n) is 10.3. The summed E-state index contributed by atoms with van der Waals surface area (Å²) in [5, 5.41) is 24.4. The predicted molar refractivity (Wildman–Crippen MR) is 123 cm³/mol. The number of likely N-dealkylation sites (tertiary alicyclic amines) is 1. The molecule has 33 heavy (non-hydrogen) atoms. The van der Waals surface area contributed by atoms with Crippen LogP contribution in [0.1, 0.15) is 50.2 Å². The van der Waals surface area contributed by atoms with Gasteiger partial charge in [0, 0.05) is 36.5 Å². The maximum absolute atomic E-state index is 12.5. The van der Waals surface area contributed by atoms with E-state index in [1.165, 1.54) is 18.4 Å². The van der Waals surface area contributed by atoms with Gasteiger partial charge in [-0.15, -0.1) is 0 Å². The fourth-order valence-electron chi connectivity index (χ4n) is 6.41. The molecule has 1 saturated heterocycles. The van der Waals surface area contributed by atoms with Crippen LogP contribution in [0.5, 0.6) is 5.75 Å². The summed E-state index contributed by atoms with van der Waals surface area (Å²) in [5.74, 6) is -0.559. The van der Waals surface area contributed by atoms with E-state index in [1.807, 2.05) is 19.1 Å². The highest BCUT2D eigenvalue weighted by Gasteiger charge is 2.64. The van der Waals surface area contributed by atoms with Crippen molar-refractivity contribution >= 4 is 11.9 Å². The summed E-state index contributed by atoms with van der Waals surface area (Å²) in [7, 11) is 1.64. The molecule has 0 unspecified atom stereocenters. The molecule has 176 valence electrons. The Bertz CT molecular complexity index is 1070. The van der Waals surface area contributed by atoms with Crippen molar-refractivity contribution in [3.05, 3.63) is 52.7 Å². The first-order valence-electron chi connectivity index (χ1n) is 11.7. The van der Waals surface area contributed by atoms with Crippen molar-refractivity contribution in [2.45, 2.75) is 62.5 Å². The molecule has 1 aromatic rings. The Morgan fingerprint density at radius 3 is 2.73 bits per heavy atom. The van der Waals surface area contributed by atoms with Crippen LogP contribution in [0.15, 0.2) is 41.6 Å². The number of hydrogen-bond acceptors (Lipinski definition) is 5. The number of carbonyl (C=O) groups excluding carboxylic acids is 1. The average Bonchev–Trinajstić information content (AvgIpc) is 3.59. The zero-order valence-corrected chi connectivity index (χ0v) is 19.3. The Morgan fingerprint density at radius 1 is 1.30 bits per heavy atom. The minimum atomic E-state index is -1.34. The zero-order chi connectivity index (χ0) is 23.5. The molecule has 7 heteroatoms. The number of benzene rings is 1. The van der Waals surface area contributed by atoms with Crippen LogP contribution in [0.25, 0.3) is 0 Å². The molecule has 2 bridgehead atoms. The van der Waals surface area contributed by atoms with E-state index in [4.69, 9.17) is 4.74 Å². The number of fused-ring (bicyclic) bond motifs is 1. The zero-order valence-electron chi connectivity index (χ0n) is 19.3. The molecule has 7 nitrogen and oxygen atoms in total. The molecule has 1 aromatic carbocycles. The summed E-state index contributed by atoms with van der Waals surface area (Å²) in [4.78, 5) is 26.3. The third-order valence-electron chi connectivity index (χ3n) is 8.41. The summed E-state index contributed by atoms with van der Waals surface area (Å²) in [6.07, 6.45) is 4.97. The smallest absolute Gasteiger partial charge is 0.340 e. The monoisotopic (exact) mass is 452 g/mol. The highest BCUT2D eigenvalue weighted by Crippen LogP contribution is 2.59. The maximum Gasteiger partial charge on any atom is 0.340 e. The van der Waals surface area contributed by atoms with Crippen molar-refractivity contribution in [2.75, 3.05) is 20.2 Å². The molecule has 1 saturated carbocycles. The number of carboxylic acid groups (broad SMARTS) is 1. The van der Waals surface area contributed by atoms with Crippen LogP contribution in [-0.4, -0.2) is 58.8 Å². The van der Waals surface area contributed by atoms with Gasteiger partial charge in [-0.25, -0.2) is 4.79 Å². The first-order chi connectivity index (χ1) is 15.7. The molecule has 1 heterocycles. The van der Waals surface area contributed by atoms with E-state index in [0.29, 0.717) is 18.5 Å². The van der Waals surface area contributed by atoms with E-state index in [-0.39, 0.29) is 6.04 Å². The van der Waals surface area contributed by atoms with E-state index in [1.54, 1.807) is 7.11 Å². The third kappa shape index (κ3) is 3.40. The SMILES string of the molecule is C=C(C(=O)O)C(=O)NC1=C(C)C[C@@]2(O)[C@H]3Cc4ccc(OC)cc4[C@@]2(CCN3CC2CC2)C1. The first-order valence-corrected chi connectivity index (χ1v) is 11.7. The Balaban J connectivity index is 1.58. The lowest BCUT2D eigenvalue weighted by molar-refractivity contribution is -0.152. The number of nitrogens with zero attached hydrogens (tertiary/aromatic N) is 1. The summed E-state index contributed by atoms with van der Waals surface area (Å²) in [6.45, 7) is 7.24. The molecule has 1 amide bonds. The van der Waals surface area contributed by atoms with Crippen LogP contribution in [0.3, 0.4) is 0 Å². The standard InChI is InChI=1S/C26H32N2O5/c1-15-12-26(32)22-10-18-6-7-19(33-3)11-20(18)25(26,8-9-28(22)14-17-4-5-17)13-21(15)27-23(29)16(2)24(30)31/h6-7,11,17,22,32H,2,4-5,8-10,12-14H2,1,3H3,(H,27,29)(H,30,31)/t22-,25-,26-/m1/s1. The number of aliphatic hydroxyl groups is 1. The Hall–Kier alpha value is -2.64. The van der Waals surface area contributed by atoms with E-state index in [0.717, 1.165) is 48.7 Å². The van der Waals surface area contributed by atoms with Gasteiger partial charge in [-0.1, -0.05) is 18.2 Å². The number of rotatable bonds is 6. The molecule has 3 aliphatic carbocycles. The van der Waals surface area contributed by atoms with Crippen molar-refractivity contribution < 1.29 is 24.5 Å². The topological polar surface area (TPSA) is 99.1 Å². The van der Waals surface area contributed by atoms with Crippen molar-refractivity contribution in [3.8, 4) is 5.75 Å².